The van der Waals surface area contributed by atoms with Gasteiger partial charge in [-0.3, -0.25) is 9.20 Å². The maximum absolute atomic E-state index is 11.9. The molecular formula is C15H15N3O2S. The Hall–Kier alpha value is -2.18. The van der Waals surface area contributed by atoms with Gasteiger partial charge in [-0.15, -0.1) is 11.3 Å². The first-order valence-corrected chi connectivity index (χ1v) is 7.47. The van der Waals surface area contributed by atoms with Gasteiger partial charge in [0.1, 0.15) is 12.4 Å². The van der Waals surface area contributed by atoms with Gasteiger partial charge in [-0.05, 0) is 13.1 Å². The summed E-state index contributed by atoms with van der Waals surface area (Å²) >= 11 is 1.43. The molecule has 0 unspecified atom stereocenters. The highest BCUT2D eigenvalue weighted by molar-refractivity contribution is 7.15. The lowest BCUT2D eigenvalue weighted by Crippen LogP contribution is -2.14. The van der Waals surface area contributed by atoms with E-state index in [0.29, 0.717) is 10.7 Å². The fourth-order valence-corrected chi connectivity index (χ4v) is 2.83. The summed E-state index contributed by atoms with van der Waals surface area (Å²) in [4.78, 5) is 17.0. The van der Waals surface area contributed by atoms with Crippen molar-refractivity contribution in [3.05, 3.63) is 63.5 Å². The lowest BCUT2D eigenvalue weighted by atomic mass is 10.2. The Bertz CT molecular complexity index is 810. The molecule has 0 radical (unpaired) electrons. The third-order valence-electron chi connectivity index (χ3n) is 3.07. The molecule has 0 aliphatic rings. The van der Waals surface area contributed by atoms with E-state index in [4.69, 9.17) is 4.74 Å². The molecule has 3 rings (SSSR count). The number of nitrogens with zero attached hydrogens (tertiary/aromatic N) is 2. The van der Waals surface area contributed by atoms with Crippen molar-refractivity contribution in [2.24, 2.45) is 0 Å². The summed E-state index contributed by atoms with van der Waals surface area (Å²) in [5, 5.41) is 4.95. The number of hydrogen-bond acceptors (Lipinski definition) is 5. The third-order valence-corrected chi connectivity index (χ3v) is 3.83. The summed E-state index contributed by atoms with van der Waals surface area (Å²) in [7, 11) is 1.89. The number of benzene rings is 1. The van der Waals surface area contributed by atoms with Gasteiger partial charge in [0.25, 0.3) is 5.56 Å². The van der Waals surface area contributed by atoms with Crippen LogP contribution in [0.2, 0.25) is 0 Å². The highest BCUT2D eigenvalue weighted by atomic mass is 32.1. The lowest BCUT2D eigenvalue weighted by molar-refractivity contribution is 0.297. The van der Waals surface area contributed by atoms with Crippen molar-refractivity contribution in [1.29, 1.82) is 0 Å². The zero-order valence-corrected chi connectivity index (χ0v) is 12.4. The van der Waals surface area contributed by atoms with E-state index in [-0.39, 0.29) is 12.2 Å². The molecule has 0 saturated heterocycles. The molecule has 2 heterocycles. The topological polar surface area (TPSA) is 55.6 Å². The summed E-state index contributed by atoms with van der Waals surface area (Å²) in [5.41, 5.74) is 1.64. The zero-order valence-electron chi connectivity index (χ0n) is 11.6. The molecule has 0 amide bonds. The van der Waals surface area contributed by atoms with Crippen molar-refractivity contribution in [2.75, 3.05) is 7.05 Å². The van der Waals surface area contributed by atoms with Gasteiger partial charge in [-0.25, -0.2) is 4.98 Å². The van der Waals surface area contributed by atoms with Crippen molar-refractivity contribution in [2.45, 2.75) is 13.2 Å². The van der Waals surface area contributed by atoms with Crippen LogP contribution >= 0.6 is 11.3 Å². The van der Waals surface area contributed by atoms with Gasteiger partial charge in [0.15, 0.2) is 4.96 Å². The predicted octanol–water partition coefficient (Wildman–Crippen LogP) is 2.05. The van der Waals surface area contributed by atoms with Crippen molar-refractivity contribution in [3.8, 4) is 5.75 Å². The molecule has 6 heteroatoms. The van der Waals surface area contributed by atoms with Crippen LogP contribution in [0.1, 0.15) is 11.3 Å². The number of fused-ring (bicyclic) bond motifs is 1. The third kappa shape index (κ3) is 2.96. The summed E-state index contributed by atoms with van der Waals surface area (Å²) in [6.07, 6.45) is 1.72. The fourth-order valence-electron chi connectivity index (χ4n) is 2.09. The minimum atomic E-state index is -0.0802. The van der Waals surface area contributed by atoms with E-state index in [0.717, 1.165) is 17.9 Å². The van der Waals surface area contributed by atoms with Crippen LogP contribution in [0.3, 0.4) is 0 Å². The highest BCUT2D eigenvalue weighted by Crippen LogP contribution is 2.19. The average Bonchev–Trinajstić information content (AvgIpc) is 2.96. The number of ether oxygens (including phenoxy) is 1. The van der Waals surface area contributed by atoms with Crippen LogP contribution in [0.5, 0.6) is 5.75 Å². The molecule has 0 fully saturated rings. The number of hydrogen-bond donors (Lipinski definition) is 1. The Kier molecular flexibility index (Phi) is 3.98. The molecule has 1 aromatic carbocycles. The first-order chi connectivity index (χ1) is 10.3. The molecule has 0 spiro atoms. The van der Waals surface area contributed by atoms with Crippen LogP contribution in [0, 0.1) is 0 Å². The molecule has 0 bridgehead atoms. The minimum Gasteiger partial charge on any atom is -0.487 e. The number of para-hydroxylation sites is 1. The molecule has 0 atom stereocenters. The Labute approximate surface area is 125 Å². The van der Waals surface area contributed by atoms with E-state index in [1.54, 1.807) is 6.20 Å². The molecule has 1 N–H and O–H groups in total. The minimum absolute atomic E-state index is 0.0802. The van der Waals surface area contributed by atoms with E-state index >= 15 is 0 Å². The first kappa shape index (κ1) is 13.8. The smallest absolute Gasteiger partial charge is 0.258 e. The van der Waals surface area contributed by atoms with Crippen molar-refractivity contribution >= 4 is 16.3 Å². The molecule has 0 saturated carbocycles. The quantitative estimate of drug-likeness (QED) is 0.783. The monoisotopic (exact) mass is 301 g/mol. The largest absolute Gasteiger partial charge is 0.487 e. The van der Waals surface area contributed by atoms with E-state index in [2.05, 4.69) is 10.3 Å². The zero-order chi connectivity index (χ0) is 14.7. The van der Waals surface area contributed by atoms with Crippen molar-refractivity contribution in [3.63, 3.8) is 0 Å². The molecule has 108 valence electrons. The molecule has 0 aliphatic heterocycles. The van der Waals surface area contributed by atoms with Gasteiger partial charge in [-0.1, -0.05) is 18.2 Å². The Balaban J connectivity index is 1.82. The van der Waals surface area contributed by atoms with Gasteiger partial charge in [0.05, 0.1) is 5.69 Å². The molecule has 0 aliphatic carbocycles. The number of aromatic nitrogens is 2. The second-order valence-electron chi connectivity index (χ2n) is 4.57. The van der Waals surface area contributed by atoms with E-state index in [1.807, 2.05) is 36.7 Å². The summed E-state index contributed by atoms with van der Waals surface area (Å²) in [6, 6.07) is 9.35. The van der Waals surface area contributed by atoms with Crippen LogP contribution in [0.15, 0.2) is 46.7 Å². The average molecular weight is 301 g/mol. The van der Waals surface area contributed by atoms with Crippen LogP contribution in [0.25, 0.3) is 4.96 Å². The fraction of sp³-hybridized carbons (Fsp3) is 0.200. The van der Waals surface area contributed by atoms with Gasteiger partial charge in [-0.2, -0.15) is 0 Å². The van der Waals surface area contributed by atoms with E-state index in [1.165, 1.54) is 21.8 Å². The highest BCUT2D eigenvalue weighted by Gasteiger charge is 2.06. The normalized spacial score (nSPS) is 10.9. The summed E-state index contributed by atoms with van der Waals surface area (Å²) in [6.45, 7) is 1.01. The molecular weight excluding hydrogens is 286 g/mol. The van der Waals surface area contributed by atoms with Crippen LogP contribution in [0.4, 0.5) is 0 Å². The Morgan fingerprint density at radius 2 is 2.24 bits per heavy atom. The number of rotatable bonds is 5. The lowest BCUT2D eigenvalue weighted by Gasteiger charge is -2.10. The van der Waals surface area contributed by atoms with Crippen molar-refractivity contribution in [1.82, 2.24) is 14.7 Å². The van der Waals surface area contributed by atoms with Crippen LogP contribution in [-0.4, -0.2) is 16.4 Å². The summed E-state index contributed by atoms with van der Waals surface area (Å²) < 4.78 is 7.34. The maximum Gasteiger partial charge on any atom is 0.258 e. The first-order valence-electron chi connectivity index (χ1n) is 6.59. The molecule has 21 heavy (non-hydrogen) atoms. The maximum atomic E-state index is 11.9. The molecule has 2 aromatic heterocycles. The van der Waals surface area contributed by atoms with Gasteiger partial charge in [0.2, 0.25) is 0 Å². The molecule has 3 aromatic rings. The Morgan fingerprint density at radius 1 is 1.38 bits per heavy atom. The van der Waals surface area contributed by atoms with Gasteiger partial charge in [0, 0.05) is 29.8 Å². The van der Waals surface area contributed by atoms with Gasteiger partial charge >= 0.3 is 0 Å². The van der Waals surface area contributed by atoms with E-state index < -0.39 is 0 Å². The Morgan fingerprint density at radius 3 is 3.10 bits per heavy atom. The van der Waals surface area contributed by atoms with Crippen LogP contribution < -0.4 is 15.6 Å². The standard InChI is InChI=1S/C15H15N3O2S/c1-16-9-11-4-2-3-5-13(11)20-10-12-8-14(19)18-6-7-21-15(18)17-12/h2-8,16H,9-10H2,1H3. The second-order valence-corrected chi connectivity index (χ2v) is 5.44. The van der Waals surface area contributed by atoms with Gasteiger partial charge < -0.3 is 10.1 Å². The van der Waals surface area contributed by atoms with E-state index in [9.17, 15) is 4.79 Å². The van der Waals surface area contributed by atoms with Crippen molar-refractivity contribution < 1.29 is 4.74 Å². The number of nitrogens with one attached hydrogen (secondary N) is 1. The predicted molar refractivity (Wildman–Crippen MR) is 82.9 cm³/mol. The SMILES string of the molecule is CNCc1ccccc1OCc1cc(=O)n2ccsc2n1. The number of thiazole rings is 1. The summed E-state index contributed by atoms with van der Waals surface area (Å²) in [5.74, 6) is 0.806. The molecule has 5 nitrogen and oxygen atoms in total. The van der Waals surface area contributed by atoms with Crippen LogP contribution in [-0.2, 0) is 13.2 Å². The second kappa shape index (κ2) is 6.07.